The molecule has 1 amide bonds. The summed E-state index contributed by atoms with van der Waals surface area (Å²) in [6, 6.07) is 11.2. The number of aryl methyl sites for hydroxylation is 3. The molecule has 7 heteroatoms. The standard InChI is InChI=1S/C24H32N2O4S/c1-16-14-17(2)23(18(3)15-16)31(28,29)26-12-10-20(11-13-26)24(27)25-19(4)21-8-6-7-9-22(21)30-5/h6-9,14-15,19-20H,10-13H2,1-5H3,(H,25,27). The van der Waals surface area contributed by atoms with E-state index in [9.17, 15) is 13.2 Å². The normalized spacial score (nSPS) is 16.7. The predicted octanol–water partition coefficient (Wildman–Crippen LogP) is 3.90. The lowest BCUT2D eigenvalue weighted by atomic mass is 9.96. The number of para-hydroxylation sites is 1. The van der Waals surface area contributed by atoms with Crippen LogP contribution in [0.1, 0.15) is 48.1 Å². The first kappa shape index (κ1) is 23.3. The maximum absolute atomic E-state index is 13.3. The lowest BCUT2D eigenvalue weighted by Gasteiger charge is -2.32. The summed E-state index contributed by atoms with van der Waals surface area (Å²) in [6.45, 7) is 8.26. The van der Waals surface area contributed by atoms with Crippen LogP contribution in [0.25, 0.3) is 0 Å². The molecule has 3 rings (SSSR count). The van der Waals surface area contributed by atoms with Crippen molar-refractivity contribution in [2.75, 3.05) is 20.2 Å². The number of amides is 1. The molecule has 0 aromatic heterocycles. The van der Waals surface area contributed by atoms with Gasteiger partial charge in [-0.1, -0.05) is 35.9 Å². The number of piperidine rings is 1. The monoisotopic (exact) mass is 444 g/mol. The van der Waals surface area contributed by atoms with Crippen LogP contribution in [0.5, 0.6) is 5.75 Å². The summed E-state index contributed by atoms with van der Waals surface area (Å²) in [5.41, 5.74) is 3.50. The van der Waals surface area contributed by atoms with E-state index in [-0.39, 0.29) is 17.9 Å². The molecule has 1 saturated heterocycles. The first-order chi connectivity index (χ1) is 14.6. The molecule has 1 fully saturated rings. The number of carbonyl (C=O) groups excluding carboxylic acids is 1. The number of hydrogen-bond acceptors (Lipinski definition) is 4. The van der Waals surface area contributed by atoms with Crippen molar-refractivity contribution in [2.45, 2.75) is 51.5 Å². The van der Waals surface area contributed by atoms with Crippen LogP contribution in [-0.4, -0.2) is 38.8 Å². The molecule has 31 heavy (non-hydrogen) atoms. The Hall–Kier alpha value is -2.38. The van der Waals surface area contributed by atoms with E-state index in [4.69, 9.17) is 4.74 Å². The van der Waals surface area contributed by atoms with Gasteiger partial charge in [0, 0.05) is 24.6 Å². The summed E-state index contributed by atoms with van der Waals surface area (Å²) in [7, 11) is -1.97. The number of rotatable bonds is 6. The highest BCUT2D eigenvalue weighted by Crippen LogP contribution is 2.30. The average Bonchev–Trinajstić information content (AvgIpc) is 2.72. The zero-order chi connectivity index (χ0) is 22.8. The molecule has 0 saturated carbocycles. The Labute approximate surface area is 185 Å². The fourth-order valence-electron chi connectivity index (χ4n) is 4.49. The average molecular weight is 445 g/mol. The first-order valence-electron chi connectivity index (χ1n) is 10.7. The second-order valence-corrected chi connectivity index (χ2v) is 10.3. The van der Waals surface area contributed by atoms with Crippen molar-refractivity contribution in [1.29, 1.82) is 0 Å². The summed E-state index contributed by atoms with van der Waals surface area (Å²) in [5, 5.41) is 3.06. The number of carbonyl (C=O) groups is 1. The quantitative estimate of drug-likeness (QED) is 0.733. The van der Waals surface area contributed by atoms with Crippen LogP contribution >= 0.6 is 0 Å². The topological polar surface area (TPSA) is 75.7 Å². The Morgan fingerprint density at radius 1 is 1.10 bits per heavy atom. The maximum Gasteiger partial charge on any atom is 0.243 e. The van der Waals surface area contributed by atoms with E-state index in [0.717, 1.165) is 28.0 Å². The van der Waals surface area contributed by atoms with Crippen LogP contribution in [0.4, 0.5) is 0 Å². The van der Waals surface area contributed by atoms with E-state index in [1.807, 2.05) is 64.1 Å². The number of hydrogen-bond donors (Lipinski definition) is 1. The van der Waals surface area contributed by atoms with Gasteiger partial charge in [0.25, 0.3) is 0 Å². The molecule has 1 aliphatic heterocycles. The van der Waals surface area contributed by atoms with Crippen molar-refractivity contribution in [3.05, 3.63) is 58.7 Å². The molecule has 168 valence electrons. The van der Waals surface area contributed by atoms with Gasteiger partial charge in [-0.15, -0.1) is 0 Å². The van der Waals surface area contributed by atoms with Crippen molar-refractivity contribution in [2.24, 2.45) is 5.92 Å². The molecule has 1 N–H and O–H groups in total. The minimum atomic E-state index is -3.58. The maximum atomic E-state index is 13.3. The van der Waals surface area contributed by atoms with Crippen LogP contribution in [-0.2, 0) is 14.8 Å². The predicted molar refractivity (Wildman–Crippen MR) is 122 cm³/mol. The third-order valence-electron chi connectivity index (χ3n) is 5.99. The fraction of sp³-hybridized carbons (Fsp3) is 0.458. The molecule has 1 heterocycles. The van der Waals surface area contributed by atoms with Gasteiger partial charge in [0.2, 0.25) is 15.9 Å². The fourth-order valence-corrected chi connectivity index (χ4v) is 6.38. The van der Waals surface area contributed by atoms with Crippen molar-refractivity contribution in [3.63, 3.8) is 0 Å². The molecule has 6 nitrogen and oxygen atoms in total. The lowest BCUT2D eigenvalue weighted by Crippen LogP contribution is -2.43. The lowest BCUT2D eigenvalue weighted by molar-refractivity contribution is -0.126. The van der Waals surface area contributed by atoms with E-state index in [0.29, 0.717) is 30.8 Å². The first-order valence-corrected chi connectivity index (χ1v) is 12.1. The third kappa shape index (κ3) is 4.93. The van der Waals surface area contributed by atoms with Crippen molar-refractivity contribution < 1.29 is 17.9 Å². The summed E-state index contributed by atoms with van der Waals surface area (Å²) in [5.74, 6) is 0.488. The number of benzene rings is 2. The second-order valence-electron chi connectivity index (χ2n) is 8.38. The van der Waals surface area contributed by atoms with E-state index >= 15 is 0 Å². The van der Waals surface area contributed by atoms with Crippen LogP contribution in [0, 0.1) is 26.7 Å². The van der Waals surface area contributed by atoms with Crippen LogP contribution in [0.3, 0.4) is 0 Å². The molecular formula is C24H32N2O4S. The highest BCUT2D eigenvalue weighted by atomic mass is 32.2. The van der Waals surface area contributed by atoms with Crippen molar-refractivity contribution in [1.82, 2.24) is 9.62 Å². The molecular weight excluding hydrogens is 412 g/mol. The molecule has 2 aromatic carbocycles. The number of methoxy groups -OCH3 is 1. The molecule has 1 unspecified atom stereocenters. The number of sulfonamides is 1. The van der Waals surface area contributed by atoms with E-state index < -0.39 is 10.0 Å². The molecule has 0 bridgehead atoms. The van der Waals surface area contributed by atoms with Gasteiger partial charge in [-0.05, 0) is 57.7 Å². The van der Waals surface area contributed by atoms with Crippen LogP contribution < -0.4 is 10.1 Å². The second kappa shape index (κ2) is 9.40. The number of nitrogens with one attached hydrogen (secondary N) is 1. The summed E-state index contributed by atoms with van der Waals surface area (Å²) in [4.78, 5) is 13.2. The number of nitrogens with zero attached hydrogens (tertiary/aromatic N) is 1. The minimum absolute atomic E-state index is 0.0434. The van der Waals surface area contributed by atoms with E-state index in [1.165, 1.54) is 4.31 Å². The molecule has 1 atom stereocenters. The van der Waals surface area contributed by atoms with Gasteiger partial charge in [0.05, 0.1) is 18.0 Å². The Morgan fingerprint density at radius 3 is 2.26 bits per heavy atom. The SMILES string of the molecule is COc1ccccc1C(C)NC(=O)C1CCN(S(=O)(=O)c2c(C)cc(C)cc2C)CC1. The van der Waals surface area contributed by atoms with Gasteiger partial charge >= 0.3 is 0 Å². The summed E-state index contributed by atoms with van der Waals surface area (Å²) < 4.78 is 33.4. The zero-order valence-corrected chi connectivity index (χ0v) is 19.8. The third-order valence-corrected chi connectivity index (χ3v) is 8.20. The van der Waals surface area contributed by atoms with E-state index in [1.54, 1.807) is 7.11 Å². The van der Waals surface area contributed by atoms with Gasteiger partial charge in [0.1, 0.15) is 5.75 Å². The molecule has 0 spiro atoms. The Bertz CT molecular complexity index is 1030. The molecule has 0 aliphatic carbocycles. The smallest absolute Gasteiger partial charge is 0.243 e. The highest BCUT2D eigenvalue weighted by molar-refractivity contribution is 7.89. The Kier molecular flexibility index (Phi) is 7.06. The molecule has 0 radical (unpaired) electrons. The summed E-state index contributed by atoms with van der Waals surface area (Å²) >= 11 is 0. The van der Waals surface area contributed by atoms with Crippen molar-refractivity contribution >= 4 is 15.9 Å². The van der Waals surface area contributed by atoms with Crippen molar-refractivity contribution in [3.8, 4) is 5.75 Å². The van der Waals surface area contributed by atoms with Gasteiger partial charge in [-0.2, -0.15) is 4.31 Å². The Morgan fingerprint density at radius 2 is 1.68 bits per heavy atom. The van der Waals surface area contributed by atoms with Gasteiger partial charge in [0.15, 0.2) is 0 Å². The van der Waals surface area contributed by atoms with Gasteiger partial charge in [-0.25, -0.2) is 8.42 Å². The zero-order valence-electron chi connectivity index (χ0n) is 18.9. The highest BCUT2D eigenvalue weighted by Gasteiger charge is 2.34. The molecule has 2 aromatic rings. The van der Waals surface area contributed by atoms with E-state index in [2.05, 4.69) is 5.32 Å². The largest absolute Gasteiger partial charge is 0.496 e. The number of ether oxygens (including phenoxy) is 1. The molecule has 1 aliphatic rings. The Balaban J connectivity index is 1.66. The van der Waals surface area contributed by atoms with Gasteiger partial charge in [-0.3, -0.25) is 4.79 Å². The minimum Gasteiger partial charge on any atom is -0.496 e. The van der Waals surface area contributed by atoms with Gasteiger partial charge < -0.3 is 10.1 Å². The van der Waals surface area contributed by atoms with Crippen LogP contribution in [0.2, 0.25) is 0 Å². The van der Waals surface area contributed by atoms with Crippen LogP contribution in [0.15, 0.2) is 41.3 Å². The summed E-state index contributed by atoms with van der Waals surface area (Å²) in [6.07, 6.45) is 1.02.